The van der Waals surface area contributed by atoms with Gasteiger partial charge < -0.3 is 11.1 Å². The molecule has 3 N–H and O–H groups in total. The van der Waals surface area contributed by atoms with Gasteiger partial charge in [-0.1, -0.05) is 13.3 Å². The molecule has 0 spiro atoms. The average molecular weight is 317 g/mol. The summed E-state index contributed by atoms with van der Waals surface area (Å²) in [5.41, 5.74) is 5.83. The van der Waals surface area contributed by atoms with E-state index in [4.69, 9.17) is 5.73 Å². The highest BCUT2D eigenvalue weighted by Crippen LogP contribution is 2.24. The highest BCUT2D eigenvalue weighted by Gasteiger charge is 2.31. The number of carbonyl (C=O) groups is 1. The quantitative estimate of drug-likeness (QED) is 0.729. The molecule has 2 fully saturated rings. The predicted octanol–water partition coefficient (Wildman–Crippen LogP) is -0.261. The van der Waals surface area contributed by atoms with E-state index in [1.54, 1.807) is 0 Å². The SMILES string of the molecule is CCC1CCN(CC(=O)NC2CCS(=O)(=O)C2)C(CN)C1. The molecule has 0 radical (unpaired) electrons. The van der Waals surface area contributed by atoms with Crippen LogP contribution in [0.4, 0.5) is 0 Å². The summed E-state index contributed by atoms with van der Waals surface area (Å²) in [6.45, 7) is 3.99. The maximum absolute atomic E-state index is 12.1. The van der Waals surface area contributed by atoms with Crippen molar-refractivity contribution < 1.29 is 13.2 Å². The van der Waals surface area contributed by atoms with Crippen LogP contribution in [0, 0.1) is 5.92 Å². The van der Waals surface area contributed by atoms with Gasteiger partial charge >= 0.3 is 0 Å². The standard InChI is InChI=1S/C14H27N3O3S/c1-2-11-3-5-17(13(7-11)8-15)9-14(18)16-12-4-6-21(19,20)10-12/h11-13H,2-10,15H2,1H3,(H,16,18). The molecule has 122 valence electrons. The maximum atomic E-state index is 12.1. The third-order valence-corrected chi connectivity index (χ3v) is 6.51. The Hall–Kier alpha value is -0.660. The lowest BCUT2D eigenvalue weighted by Gasteiger charge is -2.38. The molecule has 2 saturated heterocycles. The second-order valence-corrected chi connectivity index (χ2v) is 8.55. The van der Waals surface area contributed by atoms with Gasteiger partial charge in [-0.25, -0.2) is 8.42 Å². The fourth-order valence-corrected chi connectivity index (χ4v) is 5.05. The van der Waals surface area contributed by atoms with Gasteiger partial charge in [0.15, 0.2) is 9.84 Å². The van der Waals surface area contributed by atoms with Crippen LogP contribution in [-0.4, -0.2) is 62.4 Å². The fraction of sp³-hybridized carbons (Fsp3) is 0.929. The summed E-state index contributed by atoms with van der Waals surface area (Å²) in [5, 5.41) is 2.85. The summed E-state index contributed by atoms with van der Waals surface area (Å²) >= 11 is 0. The number of piperidine rings is 1. The molecule has 1 amide bonds. The molecule has 3 atom stereocenters. The summed E-state index contributed by atoms with van der Waals surface area (Å²) in [6.07, 6.45) is 3.86. The van der Waals surface area contributed by atoms with Crippen molar-refractivity contribution in [2.24, 2.45) is 11.7 Å². The smallest absolute Gasteiger partial charge is 0.234 e. The number of nitrogens with two attached hydrogens (primary N) is 1. The molecule has 21 heavy (non-hydrogen) atoms. The number of nitrogens with zero attached hydrogens (tertiary/aromatic N) is 1. The Kier molecular flexibility index (Phi) is 5.62. The lowest BCUT2D eigenvalue weighted by molar-refractivity contribution is -0.123. The van der Waals surface area contributed by atoms with Crippen LogP contribution in [0.5, 0.6) is 0 Å². The molecule has 3 unspecified atom stereocenters. The van der Waals surface area contributed by atoms with Crippen LogP contribution in [0.1, 0.15) is 32.6 Å². The van der Waals surface area contributed by atoms with Crippen LogP contribution in [0.15, 0.2) is 0 Å². The van der Waals surface area contributed by atoms with Crippen molar-refractivity contribution in [3.8, 4) is 0 Å². The molecule has 6 nitrogen and oxygen atoms in total. The predicted molar refractivity (Wildman–Crippen MR) is 82.6 cm³/mol. The molecule has 2 heterocycles. The lowest BCUT2D eigenvalue weighted by Crippen LogP contribution is -2.51. The van der Waals surface area contributed by atoms with E-state index >= 15 is 0 Å². The Balaban J connectivity index is 1.82. The van der Waals surface area contributed by atoms with Crippen LogP contribution >= 0.6 is 0 Å². The Labute approximate surface area is 127 Å². The third kappa shape index (κ3) is 4.66. The van der Waals surface area contributed by atoms with Crippen molar-refractivity contribution in [3.63, 3.8) is 0 Å². The Morgan fingerprint density at radius 2 is 2.14 bits per heavy atom. The second kappa shape index (κ2) is 7.07. The first-order valence-corrected chi connectivity index (χ1v) is 9.69. The van der Waals surface area contributed by atoms with Crippen LogP contribution < -0.4 is 11.1 Å². The number of carbonyl (C=O) groups excluding carboxylic acids is 1. The topological polar surface area (TPSA) is 92.5 Å². The van der Waals surface area contributed by atoms with Crippen LogP contribution in [0.25, 0.3) is 0 Å². The molecule has 7 heteroatoms. The van der Waals surface area contributed by atoms with Gasteiger partial charge in [0.05, 0.1) is 18.1 Å². The highest BCUT2D eigenvalue weighted by atomic mass is 32.2. The van der Waals surface area contributed by atoms with Gasteiger partial charge in [0, 0.05) is 18.6 Å². The summed E-state index contributed by atoms with van der Waals surface area (Å²) in [4.78, 5) is 14.2. The van der Waals surface area contributed by atoms with E-state index in [0.29, 0.717) is 25.4 Å². The van der Waals surface area contributed by atoms with E-state index in [0.717, 1.165) is 25.8 Å². The van der Waals surface area contributed by atoms with E-state index in [1.807, 2.05) is 0 Å². The monoisotopic (exact) mass is 317 g/mol. The molecule has 0 aromatic rings. The molecule has 0 bridgehead atoms. The van der Waals surface area contributed by atoms with E-state index in [1.165, 1.54) is 0 Å². The Bertz CT molecular complexity index is 466. The van der Waals surface area contributed by atoms with Crippen molar-refractivity contribution >= 4 is 15.7 Å². The minimum absolute atomic E-state index is 0.0782. The van der Waals surface area contributed by atoms with Gasteiger partial charge in [-0.3, -0.25) is 9.69 Å². The van der Waals surface area contributed by atoms with Crippen molar-refractivity contribution in [3.05, 3.63) is 0 Å². The molecule has 0 aromatic carbocycles. The van der Waals surface area contributed by atoms with Gasteiger partial charge in [0.1, 0.15) is 0 Å². The van der Waals surface area contributed by atoms with Gasteiger partial charge in [-0.15, -0.1) is 0 Å². The molecule has 0 aliphatic carbocycles. The number of nitrogens with one attached hydrogen (secondary N) is 1. The van der Waals surface area contributed by atoms with Crippen molar-refractivity contribution in [2.45, 2.75) is 44.7 Å². The highest BCUT2D eigenvalue weighted by molar-refractivity contribution is 7.91. The number of likely N-dealkylation sites (tertiary alicyclic amines) is 1. The van der Waals surface area contributed by atoms with E-state index in [9.17, 15) is 13.2 Å². The van der Waals surface area contributed by atoms with Gasteiger partial charge in [0.25, 0.3) is 0 Å². The van der Waals surface area contributed by atoms with Crippen molar-refractivity contribution in [1.82, 2.24) is 10.2 Å². The zero-order valence-corrected chi connectivity index (χ0v) is 13.6. The lowest BCUT2D eigenvalue weighted by atomic mass is 9.89. The van der Waals surface area contributed by atoms with Crippen LogP contribution in [0.2, 0.25) is 0 Å². The maximum Gasteiger partial charge on any atom is 0.234 e. The molecule has 0 saturated carbocycles. The molecule has 2 aliphatic heterocycles. The normalized spacial score (nSPS) is 33.0. The number of rotatable bonds is 5. The van der Waals surface area contributed by atoms with Crippen LogP contribution in [-0.2, 0) is 14.6 Å². The zero-order chi connectivity index (χ0) is 15.5. The largest absolute Gasteiger partial charge is 0.351 e. The zero-order valence-electron chi connectivity index (χ0n) is 12.8. The van der Waals surface area contributed by atoms with Gasteiger partial charge in [-0.05, 0) is 31.7 Å². The third-order valence-electron chi connectivity index (χ3n) is 4.74. The number of sulfone groups is 1. The van der Waals surface area contributed by atoms with Crippen LogP contribution in [0.3, 0.4) is 0 Å². The van der Waals surface area contributed by atoms with Gasteiger partial charge in [0.2, 0.25) is 5.91 Å². The minimum Gasteiger partial charge on any atom is -0.351 e. The van der Waals surface area contributed by atoms with E-state index in [-0.39, 0.29) is 29.5 Å². The first-order valence-electron chi connectivity index (χ1n) is 7.87. The summed E-state index contributed by atoms with van der Waals surface area (Å²) < 4.78 is 22.8. The Morgan fingerprint density at radius 3 is 2.71 bits per heavy atom. The molecular formula is C14H27N3O3S. The first kappa shape index (κ1) is 16.7. The van der Waals surface area contributed by atoms with E-state index < -0.39 is 9.84 Å². The second-order valence-electron chi connectivity index (χ2n) is 6.33. The fourth-order valence-electron chi connectivity index (χ4n) is 3.37. The summed E-state index contributed by atoms with van der Waals surface area (Å²) in [7, 11) is -2.95. The number of hydrogen-bond donors (Lipinski definition) is 2. The molecule has 2 aliphatic rings. The summed E-state index contributed by atoms with van der Waals surface area (Å²) in [5.74, 6) is 0.894. The molecule has 0 aromatic heterocycles. The van der Waals surface area contributed by atoms with E-state index in [2.05, 4.69) is 17.1 Å². The minimum atomic E-state index is -2.95. The summed E-state index contributed by atoms with van der Waals surface area (Å²) in [6, 6.07) is 0.0498. The van der Waals surface area contributed by atoms with Gasteiger partial charge in [-0.2, -0.15) is 0 Å². The average Bonchev–Trinajstić information content (AvgIpc) is 2.78. The number of hydrogen-bond acceptors (Lipinski definition) is 5. The molecule has 2 rings (SSSR count). The van der Waals surface area contributed by atoms with Crippen molar-refractivity contribution in [1.29, 1.82) is 0 Å². The Morgan fingerprint density at radius 1 is 1.38 bits per heavy atom. The number of amides is 1. The van der Waals surface area contributed by atoms with Crippen molar-refractivity contribution in [2.75, 3.05) is 31.1 Å². The molecular weight excluding hydrogens is 290 g/mol. The first-order chi connectivity index (χ1) is 9.93.